The molecular formula is C18H17FN2O6. The fraction of sp³-hybridized carbons (Fsp3) is 0.278. The lowest BCUT2D eigenvalue weighted by Crippen LogP contribution is -2.33. The van der Waals surface area contributed by atoms with Crippen LogP contribution in [-0.2, 0) is 11.3 Å². The number of methoxy groups -OCH3 is 2. The van der Waals surface area contributed by atoms with Crippen molar-refractivity contribution in [3.8, 4) is 11.5 Å². The third kappa shape index (κ3) is 3.48. The quantitative estimate of drug-likeness (QED) is 0.450. The fourth-order valence-corrected chi connectivity index (χ4v) is 2.91. The zero-order valence-electron chi connectivity index (χ0n) is 14.7. The van der Waals surface area contributed by atoms with Gasteiger partial charge in [0, 0.05) is 12.6 Å². The van der Waals surface area contributed by atoms with Crippen molar-refractivity contribution in [3.05, 3.63) is 57.4 Å². The molecule has 142 valence electrons. The molecule has 0 bridgehead atoms. The second-order valence-electron chi connectivity index (χ2n) is 5.80. The molecule has 1 aliphatic heterocycles. The predicted molar refractivity (Wildman–Crippen MR) is 93.9 cm³/mol. The molecule has 2 aromatic carbocycles. The Bertz CT molecular complexity index is 884. The molecule has 1 heterocycles. The number of benzene rings is 2. The van der Waals surface area contributed by atoms with Crippen molar-refractivity contribution < 1.29 is 28.3 Å². The number of carbonyl (C=O) groups excluding carboxylic acids is 1. The van der Waals surface area contributed by atoms with Gasteiger partial charge in [-0.3, -0.25) is 10.1 Å². The Kier molecular flexibility index (Phi) is 5.11. The molecule has 9 heteroatoms. The highest BCUT2D eigenvalue weighted by molar-refractivity contribution is 5.96. The number of ether oxygens (including phenoxy) is 3. The second kappa shape index (κ2) is 7.48. The summed E-state index contributed by atoms with van der Waals surface area (Å²) >= 11 is 0. The highest BCUT2D eigenvalue weighted by Crippen LogP contribution is 2.41. The van der Waals surface area contributed by atoms with Gasteiger partial charge in [-0.05, 0) is 17.7 Å². The lowest BCUT2D eigenvalue weighted by atomic mass is 10.1. The Morgan fingerprint density at radius 1 is 1.33 bits per heavy atom. The molecule has 2 aromatic rings. The summed E-state index contributed by atoms with van der Waals surface area (Å²) in [7, 11) is 2.64. The van der Waals surface area contributed by atoms with E-state index < -0.39 is 28.0 Å². The molecule has 0 amide bonds. The van der Waals surface area contributed by atoms with Gasteiger partial charge < -0.3 is 19.1 Å². The minimum atomic E-state index is -1.27. The molecule has 0 aromatic heterocycles. The number of anilines is 1. The Hall–Kier alpha value is -3.36. The molecule has 0 spiro atoms. The Morgan fingerprint density at radius 2 is 2.04 bits per heavy atom. The van der Waals surface area contributed by atoms with Crippen molar-refractivity contribution in [2.24, 2.45) is 0 Å². The van der Waals surface area contributed by atoms with Gasteiger partial charge in [0.1, 0.15) is 17.9 Å². The van der Waals surface area contributed by atoms with E-state index in [1.807, 2.05) is 12.1 Å². The third-order valence-corrected chi connectivity index (χ3v) is 4.24. The highest BCUT2D eigenvalue weighted by atomic mass is 19.1. The van der Waals surface area contributed by atoms with Crippen molar-refractivity contribution in [2.75, 3.05) is 32.3 Å². The van der Waals surface area contributed by atoms with Crippen LogP contribution in [0.2, 0.25) is 0 Å². The van der Waals surface area contributed by atoms with Gasteiger partial charge in [0.15, 0.2) is 5.75 Å². The number of carbonyl (C=O) groups is 1. The summed E-state index contributed by atoms with van der Waals surface area (Å²) in [5.74, 6) is -1.65. The maximum atomic E-state index is 14.5. The van der Waals surface area contributed by atoms with Crippen molar-refractivity contribution in [2.45, 2.75) is 6.54 Å². The molecule has 0 unspecified atom stereocenters. The summed E-state index contributed by atoms with van der Waals surface area (Å²) in [6.45, 7) is 1.01. The van der Waals surface area contributed by atoms with E-state index in [-0.39, 0.29) is 18.0 Å². The molecule has 0 aliphatic carbocycles. The Morgan fingerprint density at radius 3 is 2.63 bits per heavy atom. The monoisotopic (exact) mass is 376 g/mol. The molecule has 27 heavy (non-hydrogen) atoms. The molecule has 0 saturated carbocycles. The van der Waals surface area contributed by atoms with Crippen LogP contribution in [0.5, 0.6) is 11.5 Å². The number of fused-ring (bicyclic) bond motifs is 1. The van der Waals surface area contributed by atoms with Crippen LogP contribution in [0.25, 0.3) is 0 Å². The number of esters is 1. The van der Waals surface area contributed by atoms with E-state index in [2.05, 4.69) is 4.74 Å². The highest BCUT2D eigenvalue weighted by Gasteiger charge is 2.34. The molecule has 8 nitrogen and oxygen atoms in total. The lowest BCUT2D eigenvalue weighted by Gasteiger charge is -2.32. The molecule has 0 radical (unpaired) electrons. The van der Waals surface area contributed by atoms with Gasteiger partial charge in [0.25, 0.3) is 0 Å². The number of nitro groups is 1. The molecule has 1 aliphatic rings. The molecule has 3 rings (SSSR count). The van der Waals surface area contributed by atoms with Crippen LogP contribution in [0.15, 0.2) is 30.3 Å². The average molecular weight is 376 g/mol. The number of nitro benzene ring substituents is 1. The van der Waals surface area contributed by atoms with Crippen molar-refractivity contribution >= 4 is 17.3 Å². The number of hydrogen-bond donors (Lipinski definition) is 0. The van der Waals surface area contributed by atoms with Gasteiger partial charge in [-0.15, -0.1) is 0 Å². The zero-order chi connectivity index (χ0) is 19.6. The maximum absolute atomic E-state index is 14.5. The van der Waals surface area contributed by atoms with Gasteiger partial charge >= 0.3 is 11.7 Å². The van der Waals surface area contributed by atoms with E-state index in [4.69, 9.17) is 9.47 Å². The number of halogens is 1. The second-order valence-corrected chi connectivity index (χ2v) is 5.80. The van der Waals surface area contributed by atoms with Crippen molar-refractivity contribution in [1.29, 1.82) is 0 Å². The van der Waals surface area contributed by atoms with E-state index in [1.165, 1.54) is 0 Å². The average Bonchev–Trinajstić information content (AvgIpc) is 2.67. The van der Waals surface area contributed by atoms with Crippen LogP contribution in [0.1, 0.15) is 15.9 Å². The van der Waals surface area contributed by atoms with E-state index in [0.29, 0.717) is 18.8 Å². The van der Waals surface area contributed by atoms with Gasteiger partial charge in [-0.25, -0.2) is 4.79 Å². The molecular weight excluding hydrogens is 359 g/mol. The Balaban J connectivity index is 2.06. The third-order valence-electron chi connectivity index (χ3n) is 4.24. The fourth-order valence-electron chi connectivity index (χ4n) is 2.91. The normalized spacial score (nSPS) is 12.8. The van der Waals surface area contributed by atoms with Gasteiger partial charge in [-0.1, -0.05) is 12.1 Å². The first kappa shape index (κ1) is 18.4. The molecule has 0 N–H and O–H groups in total. The SMILES string of the molecule is COC(=O)c1c(F)c([N+](=O)[O-])cc2c1OCCN2Cc1ccc(OC)cc1. The minimum absolute atomic E-state index is 0.0512. The number of hydrogen-bond acceptors (Lipinski definition) is 7. The van der Waals surface area contributed by atoms with Gasteiger partial charge in [0.05, 0.1) is 31.4 Å². The molecule has 0 fully saturated rings. The predicted octanol–water partition coefficient (Wildman–Crippen LogP) is 2.93. The number of nitrogens with zero attached hydrogens (tertiary/aromatic N) is 2. The van der Waals surface area contributed by atoms with Crippen LogP contribution >= 0.6 is 0 Å². The van der Waals surface area contributed by atoms with Crippen molar-refractivity contribution in [1.82, 2.24) is 0 Å². The van der Waals surface area contributed by atoms with E-state index in [1.54, 1.807) is 24.1 Å². The topological polar surface area (TPSA) is 91.1 Å². The van der Waals surface area contributed by atoms with Gasteiger partial charge in [0.2, 0.25) is 5.82 Å². The van der Waals surface area contributed by atoms with Crippen LogP contribution in [0, 0.1) is 15.9 Å². The summed E-state index contributed by atoms with van der Waals surface area (Å²) in [6.07, 6.45) is 0. The zero-order valence-corrected chi connectivity index (χ0v) is 14.7. The lowest BCUT2D eigenvalue weighted by molar-refractivity contribution is -0.387. The first-order chi connectivity index (χ1) is 13.0. The largest absolute Gasteiger partial charge is 0.497 e. The van der Waals surface area contributed by atoms with Crippen LogP contribution < -0.4 is 14.4 Å². The number of rotatable bonds is 5. The van der Waals surface area contributed by atoms with Crippen LogP contribution in [-0.4, -0.2) is 38.3 Å². The summed E-state index contributed by atoms with van der Waals surface area (Å²) in [5, 5.41) is 11.2. The van der Waals surface area contributed by atoms with Crippen molar-refractivity contribution in [3.63, 3.8) is 0 Å². The van der Waals surface area contributed by atoms with E-state index in [9.17, 15) is 19.3 Å². The first-order valence-electron chi connectivity index (χ1n) is 8.06. The van der Waals surface area contributed by atoms with E-state index in [0.717, 1.165) is 18.7 Å². The smallest absolute Gasteiger partial charge is 0.345 e. The van der Waals surface area contributed by atoms with Crippen LogP contribution in [0.3, 0.4) is 0 Å². The summed E-state index contributed by atoms with van der Waals surface area (Å²) in [4.78, 5) is 24.2. The summed E-state index contributed by atoms with van der Waals surface area (Å²) < 4.78 is 29.7. The minimum Gasteiger partial charge on any atom is -0.497 e. The standard InChI is InChI=1S/C18H17FN2O6/c1-25-12-5-3-11(4-6-12)10-20-7-8-27-17-14(20)9-13(21(23)24)16(19)15(17)18(22)26-2/h3-6,9H,7-8,10H2,1-2H3. The molecule has 0 atom stereocenters. The molecule has 0 saturated heterocycles. The maximum Gasteiger partial charge on any atom is 0.345 e. The van der Waals surface area contributed by atoms with Crippen LogP contribution in [0.4, 0.5) is 15.8 Å². The first-order valence-corrected chi connectivity index (χ1v) is 8.06. The summed E-state index contributed by atoms with van der Waals surface area (Å²) in [5.41, 5.74) is -0.193. The van der Waals surface area contributed by atoms with E-state index >= 15 is 0 Å². The van der Waals surface area contributed by atoms with Gasteiger partial charge in [-0.2, -0.15) is 4.39 Å². The summed E-state index contributed by atoms with van der Waals surface area (Å²) in [6, 6.07) is 8.38. The Labute approximate surface area is 154 Å².